The van der Waals surface area contributed by atoms with Crippen molar-refractivity contribution in [2.24, 2.45) is 0 Å². The van der Waals surface area contributed by atoms with Crippen LogP contribution in [0.4, 0.5) is 4.79 Å². The molecule has 28 heavy (non-hydrogen) atoms. The number of hydrogen-bond donors (Lipinski definition) is 2. The molecular formula is C18H21N5O4S. The van der Waals surface area contributed by atoms with E-state index >= 15 is 0 Å². The third-order valence-electron chi connectivity index (χ3n) is 4.30. The van der Waals surface area contributed by atoms with Gasteiger partial charge in [0.25, 0.3) is 0 Å². The summed E-state index contributed by atoms with van der Waals surface area (Å²) in [6.07, 6.45) is 0.494. The Morgan fingerprint density at radius 1 is 1.32 bits per heavy atom. The van der Waals surface area contributed by atoms with E-state index in [1.807, 2.05) is 36.6 Å². The van der Waals surface area contributed by atoms with E-state index in [9.17, 15) is 14.4 Å². The zero-order valence-corrected chi connectivity index (χ0v) is 16.6. The highest BCUT2D eigenvalue weighted by atomic mass is 32.2. The van der Waals surface area contributed by atoms with Gasteiger partial charge >= 0.3 is 12.0 Å². The maximum Gasteiger partial charge on any atom is 0.321 e. The van der Waals surface area contributed by atoms with E-state index in [1.165, 1.54) is 18.9 Å². The number of carbonyl (C=O) groups excluding carboxylic acids is 3. The van der Waals surface area contributed by atoms with Crippen LogP contribution in [0.3, 0.4) is 0 Å². The average Bonchev–Trinajstić information content (AvgIpc) is 3.03. The molecule has 0 saturated carbocycles. The van der Waals surface area contributed by atoms with Crippen LogP contribution in [-0.2, 0) is 20.7 Å². The lowest BCUT2D eigenvalue weighted by Crippen LogP contribution is -2.53. The first-order valence-corrected chi connectivity index (χ1v) is 9.68. The van der Waals surface area contributed by atoms with E-state index in [-0.39, 0.29) is 30.1 Å². The van der Waals surface area contributed by atoms with Crippen LogP contribution in [0, 0.1) is 13.8 Å². The number of methoxy groups -OCH3 is 1. The second-order valence-corrected chi connectivity index (χ2v) is 7.46. The molecule has 0 radical (unpaired) electrons. The number of aromatic nitrogens is 3. The quantitative estimate of drug-likeness (QED) is 0.552. The van der Waals surface area contributed by atoms with Gasteiger partial charge in [-0.05, 0) is 31.0 Å². The van der Waals surface area contributed by atoms with Gasteiger partial charge in [0, 0.05) is 18.9 Å². The fraction of sp³-hybridized carbons (Fsp3) is 0.389. The molecule has 1 aliphatic heterocycles. The molecule has 2 heterocycles. The Morgan fingerprint density at radius 3 is 2.82 bits per heavy atom. The van der Waals surface area contributed by atoms with Crippen molar-refractivity contribution in [2.45, 2.75) is 37.9 Å². The predicted octanol–water partition coefficient (Wildman–Crippen LogP) is 1.29. The summed E-state index contributed by atoms with van der Waals surface area (Å²) < 4.78 is 6.57. The SMILES string of the molecule is COC(=O)CSc1nnc(CC2CC(=O)NC(=O)N2)n1-c1cc(C)ccc1C. The summed E-state index contributed by atoms with van der Waals surface area (Å²) in [4.78, 5) is 34.8. The second kappa shape index (κ2) is 8.42. The van der Waals surface area contributed by atoms with E-state index in [1.54, 1.807) is 0 Å². The van der Waals surface area contributed by atoms with E-state index < -0.39 is 6.03 Å². The molecule has 0 aliphatic carbocycles. The third-order valence-corrected chi connectivity index (χ3v) is 5.20. The molecular weight excluding hydrogens is 382 g/mol. The molecule has 2 N–H and O–H groups in total. The summed E-state index contributed by atoms with van der Waals surface area (Å²) in [5.74, 6) is 0.00778. The molecule has 0 spiro atoms. The Balaban J connectivity index is 1.96. The lowest BCUT2D eigenvalue weighted by Gasteiger charge is -2.23. The van der Waals surface area contributed by atoms with E-state index in [0.29, 0.717) is 17.4 Å². The monoisotopic (exact) mass is 403 g/mol. The molecule has 148 valence electrons. The Kier molecular flexibility index (Phi) is 5.98. The number of rotatable bonds is 6. The van der Waals surface area contributed by atoms with Gasteiger partial charge in [0.15, 0.2) is 5.16 Å². The third kappa shape index (κ3) is 4.50. The molecule has 3 rings (SSSR count). The van der Waals surface area contributed by atoms with Crippen LogP contribution in [-0.4, -0.2) is 51.6 Å². The number of hydrogen-bond acceptors (Lipinski definition) is 7. The van der Waals surface area contributed by atoms with Gasteiger partial charge < -0.3 is 10.1 Å². The molecule has 1 fully saturated rings. The molecule has 3 amide bonds. The fourth-order valence-corrected chi connectivity index (χ4v) is 3.72. The predicted molar refractivity (Wildman–Crippen MR) is 102 cm³/mol. The topological polar surface area (TPSA) is 115 Å². The van der Waals surface area contributed by atoms with Crippen LogP contribution >= 0.6 is 11.8 Å². The summed E-state index contributed by atoms with van der Waals surface area (Å²) in [6, 6.07) is 5.12. The molecule has 1 saturated heterocycles. The molecule has 10 heteroatoms. The number of esters is 1. The number of ether oxygens (including phenoxy) is 1. The molecule has 1 aliphatic rings. The molecule has 1 unspecified atom stereocenters. The van der Waals surface area contributed by atoms with Crippen LogP contribution in [0.25, 0.3) is 5.69 Å². The van der Waals surface area contributed by atoms with Gasteiger partial charge in [0.05, 0.1) is 18.6 Å². The van der Waals surface area contributed by atoms with Crippen LogP contribution in [0.5, 0.6) is 0 Å². The first-order chi connectivity index (χ1) is 13.4. The zero-order chi connectivity index (χ0) is 20.3. The lowest BCUT2D eigenvalue weighted by atomic mass is 10.1. The Bertz CT molecular complexity index is 911. The van der Waals surface area contributed by atoms with Crippen molar-refractivity contribution >= 4 is 29.7 Å². The van der Waals surface area contributed by atoms with Crippen molar-refractivity contribution in [2.75, 3.05) is 12.9 Å². The number of nitrogens with one attached hydrogen (secondary N) is 2. The van der Waals surface area contributed by atoms with Gasteiger partial charge in [-0.3, -0.25) is 19.5 Å². The maximum atomic E-state index is 11.7. The standard InChI is InChI=1S/C18H21N5O4S/c1-10-4-5-11(2)13(6-10)23-14(7-12-8-15(24)20-17(26)19-12)21-22-18(23)28-9-16(25)27-3/h4-6,12H,7-9H2,1-3H3,(H2,19,20,24,26). The van der Waals surface area contributed by atoms with Crippen molar-refractivity contribution < 1.29 is 19.1 Å². The van der Waals surface area contributed by atoms with Gasteiger partial charge in [0.1, 0.15) is 5.82 Å². The molecule has 1 atom stereocenters. The van der Waals surface area contributed by atoms with Crippen molar-refractivity contribution in [1.29, 1.82) is 0 Å². The fourth-order valence-electron chi connectivity index (χ4n) is 2.93. The first kappa shape index (κ1) is 19.9. The van der Waals surface area contributed by atoms with Gasteiger partial charge in [-0.1, -0.05) is 23.9 Å². The highest BCUT2D eigenvalue weighted by Gasteiger charge is 2.27. The van der Waals surface area contributed by atoms with Crippen molar-refractivity contribution in [3.8, 4) is 5.69 Å². The number of carbonyl (C=O) groups is 3. The number of amides is 3. The summed E-state index contributed by atoms with van der Waals surface area (Å²) >= 11 is 1.22. The molecule has 2 aromatic rings. The van der Waals surface area contributed by atoms with Crippen molar-refractivity contribution in [1.82, 2.24) is 25.4 Å². The highest BCUT2D eigenvalue weighted by Crippen LogP contribution is 2.26. The minimum atomic E-state index is -0.514. The van der Waals surface area contributed by atoms with Gasteiger partial charge in [-0.2, -0.15) is 0 Å². The van der Waals surface area contributed by atoms with E-state index in [2.05, 4.69) is 20.8 Å². The first-order valence-electron chi connectivity index (χ1n) is 8.69. The van der Waals surface area contributed by atoms with Gasteiger partial charge in [-0.15, -0.1) is 10.2 Å². The minimum absolute atomic E-state index is 0.0993. The minimum Gasteiger partial charge on any atom is -0.468 e. The Hall–Kier alpha value is -2.88. The van der Waals surface area contributed by atoms with E-state index in [0.717, 1.165) is 16.8 Å². The summed E-state index contributed by atoms with van der Waals surface area (Å²) in [5.41, 5.74) is 2.96. The number of imide groups is 1. The lowest BCUT2D eigenvalue weighted by molar-refractivity contribution is -0.137. The van der Waals surface area contributed by atoms with Crippen molar-refractivity contribution in [3.05, 3.63) is 35.2 Å². The number of benzene rings is 1. The Morgan fingerprint density at radius 2 is 2.11 bits per heavy atom. The van der Waals surface area contributed by atoms with E-state index in [4.69, 9.17) is 4.74 Å². The average molecular weight is 403 g/mol. The second-order valence-electron chi connectivity index (χ2n) is 6.52. The maximum absolute atomic E-state index is 11.7. The van der Waals surface area contributed by atoms with Gasteiger partial charge in [-0.25, -0.2) is 4.79 Å². The molecule has 0 bridgehead atoms. The normalized spacial score (nSPS) is 16.5. The van der Waals surface area contributed by atoms with Crippen LogP contribution in [0.15, 0.2) is 23.4 Å². The molecule has 9 nitrogen and oxygen atoms in total. The number of urea groups is 1. The number of aryl methyl sites for hydroxylation is 2. The van der Waals surface area contributed by atoms with Crippen LogP contribution in [0.1, 0.15) is 23.4 Å². The summed E-state index contributed by atoms with van der Waals surface area (Å²) in [5, 5.41) is 14.0. The largest absolute Gasteiger partial charge is 0.468 e. The Labute approximate surface area is 166 Å². The van der Waals surface area contributed by atoms with Crippen LogP contribution < -0.4 is 10.6 Å². The summed E-state index contributed by atoms with van der Waals surface area (Å²) in [7, 11) is 1.33. The zero-order valence-electron chi connectivity index (χ0n) is 15.8. The highest BCUT2D eigenvalue weighted by molar-refractivity contribution is 7.99. The molecule has 1 aromatic carbocycles. The number of nitrogens with zero attached hydrogens (tertiary/aromatic N) is 3. The molecule has 1 aromatic heterocycles. The van der Waals surface area contributed by atoms with Crippen LogP contribution in [0.2, 0.25) is 0 Å². The van der Waals surface area contributed by atoms with Crippen molar-refractivity contribution in [3.63, 3.8) is 0 Å². The van der Waals surface area contributed by atoms with Gasteiger partial charge in [0.2, 0.25) is 5.91 Å². The summed E-state index contributed by atoms with van der Waals surface area (Å²) in [6.45, 7) is 3.96. The smallest absolute Gasteiger partial charge is 0.321 e. The number of thioether (sulfide) groups is 1.